The van der Waals surface area contributed by atoms with Gasteiger partial charge in [-0.1, -0.05) is 13.0 Å². The second kappa shape index (κ2) is 7.33. The monoisotopic (exact) mass is 263 g/mol. The van der Waals surface area contributed by atoms with Gasteiger partial charge < -0.3 is 4.74 Å². The van der Waals surface area contributed by atoms with Crippen molar-refractivity contribution in [2.45, 2.75) is 40.0 Å². The van der Waals surface area contributed by atoms with E-state index < -0.39 is 0 Å². The van der Waals surface area contributed by atoms with Crippen molar-refractivity contribution in [1.29, 1.82) is 5.26 Å². The smallest absolute Gasteiger partial charge is 0.133 e. The molecule has 0 fully saturated rings. The summed E-state index contributed by atoms with van der Waals surface area (Å²) in [7, 11) is 0. The van der Waals surface area contributed by atoms with E-state index in [0.29, 0.717) is 12.5 Å². The molecule has 1 aromatic rings. The van der Waals surface area contributed by atoms with Gasteiger partial charge in [-0.3, -0.25) is 0 Å². The van der Waals surface area contributed by atoms with E-state index in [1.165, 1.54) is 28.5 Å². The van der Waals surface area contributed by atoms with Crippen molar-refractivity contribution < 1.29 is 4.74 Å². The van der Waals surface area contributed by atoms with Crippen LogP contribution in [0.25, 0.3) is 0 Å². The van der Waals surface area contributed by atoms with E-state index in [4.69, 9.17) is 10.00 Å². The van der Waals surface area contributed by atoms with Crippen LogP contribution in [0.3, 0.4) is 0 Å². The molecule has 98 valence electrons. The maximum Gasteiger partial charge on any atom is 0.133 e. The van der Waals surface area contributed by atoms with Crippen molar-refractivity contribution in [1.82, 2.24) is 0 Å². The first kappa shape index (κ1) is 14.9. The predicted molar refractivity (Wildman–Crippen MR) is 78.2 cm³/mol. The average Bonchev–Trinajstić information content (AvgIpc) is 2.34. The Hall–Kier alpha value is -1.14. The van der Waals surface area contributed by atoms with E-state index in [0.717, 1.165) is 17.9 Å². The fourth-order valence-electron chi connectivity index (χ4n) is 2.09. The van der Waals surface area contributed by atoms with Crippen molar-refractivity contribution in [3.8, 4) is 11.2 Å². The molecule has 0 amide bonds. The quantitative estimate of drug-likeness (QED) is 0.563. The van der Waals surface area contributed by atoms with Crippen LogP contribution >= 0.6 is 11.8 Å². The van der Waals surface area contributed by atoms with Crippen molar-refractivity contribution in [3.05, 3.63) is 28.8 Å². The van der Waals surface area contributed by atoms with Gasteiger partial charge in [0, 0.05) is 5.75 Å². The van der Waals surface area contributed by atoms with Gasteiger partial charge in [-0.15, -0.1) is 0 Å². The predicted octanol–water partition coefficient (Wildman–Crippen LogP) is 4.41. The number of nitriles is 1. The summed E-state index contributed by atoms with van der Waals surface area (Å²) in [6.45, 7) is 9.15. The van der Waals surface area contributed by atoms with Gasteiger partial charge in [0.1, 0.15) is 11.2 Å². The van der Waals surface area contributed by atoms with Gasteiger partial charge in [-0.25, -0.2) is 0 Å². The molecule has 1 rings (SSSR count). The van der Waals surface area contributed by atoms with Crippen molar-refractivity contribution in [2.75, 3.05) is 12.4 Å². The zero-order chi connectivity index (χ0) is 13.5. The van der Waals surface area contributed by atoms with Crippen LogP contribution in [-0.4, -0.2) is 12.4 Å². The summed E-state index contributed by atoms with van der Waals surface area (Å²) in [5.74, 6) is 2.36. The zero-order valence-electron chi connectivity index (χ0n) is 11.6. The number of nitrogens with zero attached hydrogens (tertiary/aromatic N) is 1. The Morgan fingerprint density at radius 1 is 1.33 bits per heavy atom. The van der Waals surface area contributed by atoms with Crippen LogP contribution in [0.4, 0.5) is 0 Å². The molecule has 0 radical (unpaired) electrons. The molecule has 18 heavy (non-hydrogen) atoms. The summed E-state index contributed by atoms with van der Waals surface area (Å²) >= 11 is 1.33. The zero-order valence-corrected chi connectivity index (χ0v) is 12.4. The van der Waals surface area contributed by atoms with E-state index in [2.05, 4.69) is 38.3 Å². The summed E-state index contributed by atoms with van der Waals surface area (Å²) in [4.78, 5) is 0. The summed E-state index contributed by atoms with van der Waals surface area (Å²) in [5.41, 5.74) is 3.84. The van der Waals surface area contributed by atoms with Crippen molar-refractivity contribution >= 4 is 11.8 Å². The van der Waals surface area contributed by atoms with Crippen LogP contribution in [0.1, 0.15) is 42.9 Å². The minimum Gasteiger partial charge on any atom is -0.494 e. The Bertz CT molecular complexity index is 437. The number of hydrogen-bond acceptors (Lipinski definition) is 3. The maximum absolute atomic E-state index is 8.54. The lowest BCUT2D eigenvalue weighted by atomic mass is 9.92. The first-order chi connectivity index (χ1) is 8.60. The Balaban J connectivity index is 2.83. The molecular formula is C15H21NOS. The van der Waals surface area contributed by atoms with Crippen LogP contribution in [-0.2, 0) is 0 Å². The van der Waals surface area contributed by atoms with E-state index in [1.807, 2.05) is 6.92 Å². The molecule has 3 heteroatoms. The van der Waals surface area contributed by atoms with Crippen LogP contribution in [0.5, 0.6) is 5.75 Å². The molecule has 0 aromatic heterocycles. The number of benzene rings is 1. The molecule has 2 nitrogen and oxygen atoms in total. The SMILES string of the molecule is CCOc1cc(C)c(C(C)CCSC#N)cc1C. The number of thiocyanates is 1. The summed E-state index contributed by atoms with van der Waals surface area (Å²) < 4.78 is 5.60. The number of ether oxygens (including phenoxy) is 1. The minimum atomic E-state index is 0.486. The van der Waals surface area contributed by atoms with E-state index in [1.54, 1.807) is 0 Å². The van der Waals surface area contributed by atoms with Gasteiger partial charge in [0.05, 0.1) is 6.61 Å². The van der Waals surface area contributed by atoms with Crippen LogP contribution in [0, 0.1) is 24.5 Å². The molecule has 1 atom stereocenters. The molecular weight excluding hydrogens is 242 g/mol. The fraction of sp³-hybridized carbons (Fsp3) is 0.533. The Kier molecular flexibility index (Phi) is 6.07. The van der Waals surface area contributed by atoms with Crippen LogP contribution in [0.2, 0.25) is 0 Å². The molecule has 0 aliphatic heterocycles. The number of thioether (sulfide) groups is 1. The molecule has 0 bridgehead atoms. The highest BCUT2D eigenvalue weighted by atomic mass is 32.2. The number of hydrogen-bond donors (Lipinski definition) is 0. The lowest BCUT2D eigenvalue weighted by Gasteiger charge is -2.17. The molecule has 0 saturated heterocycles. The number of aryl methyl sites for hydroxylation is 2. The van der Waals surface area contributed by atoms with E-state index in [-0.39, 0.29) is 0 Å². The molecule has 0 N–H and O–H groups in total. The second-order valence-electron chi connectivity index (χ2n) is 4.54. The third-order valence-corrected chi connectivity index (χ3v) is 3.68. The first-order valence-corrected chi connectivity index (χ1v) is 7.33. The summed E-state index contributed by atoms with van der Waals surface area (Å²) in [6, 6.07) is 4.35. The normalized spacial score (nSPS) is 11.9. The van der Waals surface area contributed by atoms with Gasteiger partial charge >= 0.3 is 0 Å². The van der Waals surface area contributed by atoms with Gasteiger partial charge in [0.15, 0.2) is 0 Å². The molecule has 0 heterocycles. The minimum absolute atomic E-state index is 0.486. The Morgan fingerprint density at radius 2 is 2.06 bits per heavy atom. The van der Waals surface area contributed by atoms with Crippen LogP contribution < -0.4 is 4.74 Å². The molecule has 0 aliphatic rings. The van der Waals surface area contributed by atoms with Crippen molar-refractivity contribution in [3.63, 3.8) is 0 Å². The third kappa shape index (κ3) is 3.96. The highest BCUT2D eigenvalue weighted by Crippen LogP contribution is 2.30. The summed E-state index contributed by atoms with van der Waals surface area (Å²) in [6.07, 6.45) is 1.03. The largest absolute Gasteiger partial charge is 0.494 e. The fourth-order valence-corrected chi connectivity index (χ4v) is 2.65. The molecule has 0 aliphatic carbocycles. The molecule has 1 aromatic carbocycles. The molecule has 0 saturated carbocycles. The summed E-state index contributed by atoms with van der Waals surface area (Å²) in [5, 5.41) is 10.7. The van der Waals surface area contributed by atoms with Gasteiger partial charge in [0.25, 0.3) is 0 Å². The third-order valence-electron chi connectivity index (χ3n) is 3.11. The number of rotatable bonds is 6. The maximum atomic E-state index is 8.54. The molecule has 0 spiro atoms. The standard InChI is InChI=1S/C15H21NOS/c1-5-17-15-9-12(3)14(8-13(15)4)11(2)6-7-18-10-16/h8-9,11H,5-7H2,1-4H3. The first-order valence-electron chi connectivity index (χ1n) is 6.35. The Labute approximate surface area is 114 Å². The van der Waals surface area contributed by atoms with Gasteiger partial charge in [-0.05, 0) is 67.6 Å². The lowest BCUT2D eigenvalue weighted by molar-refractivity contribution is 0.337. The molecule has 1 unspecified atom stereocenters. The van der Waals surface area contributed by atoms with Crippen molar-refractivity contribution in [2.24, 2.45) is 0 Å². The van der Waals surface area contributed by atoms with E-state index >= 15 is 0 Å². The van der Waals surface area contributed by atoms with E-state index in [9.17, 15) is 0 Å². The second-order valence-corrected chi connectivity index (χ2v) is 5.42. The average molecular weight is 263 g/mol. The topological polar surface area (TPSA) is 33.0 Å². The highest BCUT2D eigenvalue weighted by Gasteiger charge is 2.11. The van der Waals surface area contributed by atoms with Gasteiger partial charge in [-0.2, -0.15) is 5.26 Å². The Morgan fingerprint density at radius 3 is 2.67 bits per heavy atom. The lowest BCUT2D eigenvalue weighted by Crippen LogP contribution is -2.01. The van der Waals surface area contributed by atoms with Crippen LogP contribution in [0.15, 0.2) is 12.1 Å². The van der Waals surface area contributed by atoms with Gasteiger partial charge in [0.2, 0.25) is 0 Å². The highest BCUT2D eigenvalue weighted by molar-refractivity contribution is 8.03.